The predicted octanol–water partition coefficient (Wildman–Crippen LogP) is 2.84. The Morgan fingerprint density at radius 3 is 2.85 bits per heavy atom. The van der Waals surface area contributed by atoms with Gasteiger partial charge in [0.15, 0.2) is 0 Å². The van der Waals surface area contributed by atoms with Crippen LogP contribution in [-0.4, -0.2) is 11.5 Å². The van der Waals surface area contributed by atoms with Gasteiger partial charge in [0.05, 0.1) is 5.51 Å². The second-order valence-electron chi connectivity index (χ2n) is 3.55. The van der Waals surface area contributed by atoms with E-state index in [1.54, 1.807) is 11.3 Å². The van der Waals surface area contributed by atoms with Gasteiger partial charge >= 0.3 is 0 Å². The van der Waals surface area contributed by atoms with E-state index in [9.17, 15) is 0 Å². The molecule has 1 aromatic rings. The summed E-state index contributed by atoms with van der Waals surface area (Å²) >= 11 is 1.72. The summed E-state index contributed by atoms with van der Waals surface area (Å²) < 4.78 is 0. The van der Waals surface area contributed by atoms with Gasteiger partial charge in [0, 0.05) is 17.1 Å². The molecule has 0 saturated heterocycles. The fourth-order valence-electron chi connectivity index (χ4n) is 1.06. The van der Waals surface area contributed by atoms with Crippen molar-refractivity contribution in [3.63, 3.8) is 0 Å². The van der Waals surface area contributed by atoms with Gasteiger partial charge in [0.1, 0.15) is 0 Å². The Morgan fingerprint density at radius 2 is 2.31 bits per heavy atom. The topological polar surface area (TPSA) is 24.9 Å². The molecule has 0 aliphatic carbocycles. The van der Waals surface area contributed by atoms with E-state index in [1.807, 2.05) is 11.7 Å². The van der Waals surface area contributed by atoms with E-state index in [2.05, 4.69) is 31.1 Å². The third-order valence-electron chi connectivity index (χ3n) is 2.35. The zero-order chi connectivity index (χ0) is 9.68. The van der Waals surface area contributed by atoms with E-state index < -0.39 is 0 Å². The summed E-state index contributed by atoms with van der Waals surface area (Å²) in [4.78, 5) is 5.39. The van der Waals surface area contributed by atoms with Crippen LogP contribution in [0.5, 0.6) is 0 Å². The van der Waals surface area contributed by atoms with Crippen molar-refractivity contribution in [1.29, 1.82) is 0 Å². The molecule has 0 bridgehead atoms. The molecule has 1 heterocycles. The van der Waals surface area contributed by atoms with Crippen molar-refractivity contribution >= 4 is 11.3 Å². The summed E-state index contributed by atoms with van der Waals surface area (Å²) in [6.07, 6.45) is 3.18. The standard InChI is InChI=1S/C10H18N2S/c1-4-8(2)5-12-9(3)10-6-11-7-13-10/h6-9,12H,4-5H2,1-3H3. The Kier molecular flexibility index (Phi) is 4.39. The summed E-state index contributed by atoms with van der Waals surface area (Å²) in [5.41, 5.74) is 1.89. The summed E-state index contributed by atoms with van der Waals surface area (Å²) in [5.74, 6) is 0.760. The molecular formula is C10H18N2S. The van der Waals surface area contributed by atoms with Crippen LogP contribution in [0.25, 0.3) is 0 Å². The van der Waals surface area contributed by atoms with E-state index in [-0.39, 0.29) is 0 Å². The SMILES string of the molecule is CCC(C)CNC(C)c1cncs1. The van der Waals surface area contributed by atoms with Gasteiger partial charge in [0.25, 0.3) is 0 Å². The van der Waals surface area contributed by atoms with Crippen molar-refractivity contribution in [2.24, 2.45) is 5.92 Å². The van der Waals surface area contributed by atoms with Crippen LogP contribution in [0.3, 0.4) is 0 Å². The van der Waals surface area contributed by atoms with Crippen LogP contribution in [0.4, 0.5) is 0 Å². The lowest BCUT2D eigenvalue weighted by atomic mass is 10.1. The molecule has 1 N–H and O–H groups in total. The average Bonchev–Trinajstić information content (AvgIpc) is 2.66. The summed E-state index contributed by atoms with van der Waals surface area (Å²) in [6, 6.07) is 0.446. The summed E-state index contributed by atoms with van der Waals surface area (Å²) in [7, 11) is 0. The molecule has 0 amide bonds. The van der Waals surface area contributed by atoms with Crippen LogP contribution in [0, 0.1) is 5.92 Å². The van der Waals surface area contributed by atoms with Crippen LogP contribution in [0.15, 0.2) is 11.7 Å². The number of nitrogens with one attached hydrogen (secondary N) is 1. The molecule has 0 aliphatic rings. The maximum absolute atomic E-state index is 4.07. The number of aromatic nitrogens is 1. The fourth-order valence-corrected chi connectivity index (χ4v) is 1.71. The molecule has 74 valence electrons. The molecule has 0 fully saturated rings. The second-order valence-corrected chi connectivity index (χ2v) is 4.47. The predicted molar refractivity (Wildman–Crippen MR) is 58.0 cm³/mol. The van der Waals surface area contributed by atoms with Crippen LogP contribution in [-0.2, 0) is 0 Å². The van der Waals surface area contributed by atoms with Crippen molar-refractivity contribution < 1.29 is 0 Å². The maximum atomic E-state index is 4.07. The molecule has 0 saturated carbocycles. The van der Waals surface area contributed by atoms with Gasteiger partial charge < -0.3 is 5.32 Å². The molecule has 0 aliphatic heterocycles. The summed E-state index contributed by atoms with van der Waals surface area (Å²) in [6.45, 7) is 7.78. The first-order valence-corrected chi connectivity index (χ1v) is 5.73. The molecule has 2 atom stereocenters. The Bertz CT molecular complexity index is 221. The molecule has 13 heavy (non-hydrogen) atoms. The molecule has 0 radical (unpaired) electrons. The van der Waals surface area contributed by atoms with Gasteiger partial charge in [-0.25, -0.2) is 0 Å². The lowest BCUT2D eigenvalue weighted by molar-refractivity contribution is 0.463. The van der Waals surface area contributed by atoms with Gasteiger partial charge in [-0.2, -0.15) is 0 Å². The van der Waals surface area contributed by atoms with Crippen LogP contribution in [0.2, 0.25) is 0 Å². The van der Waals surface area contributed by atoms with E-state index in [1.165, 1.54) is 11.3 Å². The first-order chi connectivity index (χ1) is 6.24. The van der Waals surface area contributed by atoms with Gasteiger partial charge in [-0.15, -0.1) is 11.3 Å². The first-order valence-electron chi connectivity index (χ1n) is 4.85. The van der Waals surface area contributed by atoms with Gasteiger partial charge in [-0.1, -0.05) is 20.3 Å². The Morgan fingerprint density at radius 1 is 1.54 bits per heavy atom. The highest BCUT2D eigenvalue weighted by atomic mass is 32.1. The fraction of sp³-hybridized carbons (Fsp3) is 0.700. The monoisotopic (exact) mass is 198 g/mol. The lowest BCUT2D eigenvalue weighted by Crippen LogP contribution is -2.23. The van der Waals surface area contributed by atoms with Gasteiger partial charge in [-0.05, 0) is 19.4 Å². The molecule has 2 nitrogen and oxygen atoms in total. The highest BCUT2D eigenvalue weighted by molar-refractivity contribution is 7.09. The van der Waals surface area contributed by atoms with Crippen molar-refractivity contribution in [3.8, 4) is 0 Å². The quantitative estimate of drug-likeness (QED) is 0.787. The van der Waals surface area contributed by atoms with E-state index in [4.69, 9.17) is 0 Å². The smallest absolute Gasteiger partial charge is 0.0794 e. The normalized spacial score (nSPS) is 15.6. The average molecular weight is 198 g/mol. The zero-order valence-electron chi connectivity index (χ0n) is 8.58. The Labute approximate surface area is 84.4 Å². The highest BCUT2D eigenvalue weighted by Gasteiger charge is 2.07. The number of rotatable bonds is 5. The minimum Gasteiger partial charge on any atom is -0.309 e. The van der Waals surface area contributed by atoms with Crippen molar-refractivity contribution in [2.45, 2.75) is 33.2 Å². The van der Waals surface area contributed by atoms with Gasteiger partial charge in [-0.3, -0.25) is 4.98 Å². The molecule has 3 heteroatoms. The lowest BCUT2D eigenvalue weighted by Gasteiger charge is -2.14. The van der Waals surface area contributed by atoms with Crippen LogP contribution >= 0.6 is 11.3 Å². The minimum absolute atomic E-state index is 0.446. The molecule has 0 spiro atoms. The minimum atomic E-state index is 0.446. The molecule has 0 aromatic carbocycles. The van der Waals surface area contributed by atoms with Crippen LogP contribution in [0.1, 0.15) is 38.1 Å². The largest absolute Gasteiger partial charge is 0.309 e. The molecular weight excluding hydrogens is 180 g/mol. The maximum Gasteiger partial charge on any atom is 0.0794 e. The third kappa shape index (κ3) is 3.44. The number of hydrogen-bond donors (Lipinski definition) is 1. The van der Waals surface area contributed by atoms with E-state index in [0.29, 0.717) is 6.04 Å². The van der Waals surface area contributed by atoms with Crippen LogP contribution < -0.4 is 5.32 Å². The van der Waals surface area contributed by atoms with E-state index >= 15 is 0 Å². The number of nitrogens with zero attached hydrogens (tertiary/aromatic N) is 1. The highest BCUT2D eigenvalue weighted by Crippen LogP contribution is 2.16. The van der Waals surface area contributed by atoms with Crippen molar-refractivity contribution in [1.82, 2.24) is 10.3 Å². The molecule has 2 unspecified atom stereocenters. The summed E-state index contributed by atoms with van der Waals surface area (Å²) in [5, 5.41) is 3.51. The van der Waals surface area contributed by atoms with Gasteiger partial charge in [0.2, 0.25) is 0 Å². The molecule has 1 rings (SSSR count). The van der Waals surface area contributed by atoms with Crippen molar-refractivity contribution in [3.05, 3.63) is 16.6 Å². The Balaban J connectivity index is 2.30. The van der Waals surface area contributed by atoms with E-state index in [0.717, 1.165) is 12.5 Å². The second kappa shape index (κ2) is 5.35. The Hall–Kier alpha value is -0.410. The molecule has 1 aromatic heterocycles. The zero-order valence-corrected chi connectivity index (χ0v) is 9.40. The first kappa shape index (κ1) is 10.7. The third-order valence-corrected chi connectivity index (χ3v) is 3.31. The number of thiazole rings is 1. The van der Waals surface area contributed by atoms with Crippen molar-refractivity contribution in [2.75, 3.05) is 6.54 Å². The number of hydrogen-bond acceptors (Lipinski definition) is 3.